The number of fused-ring (bicyclic) bond motifs is 1. The quantitative estimate of drug-likeness (QED) is 0.602. The second kappa shape index (κ2) is 6.84. The number of carbonyl (C=O) groups excluding carboxylic acids is 1. The van der Waals surface area contributed by atoms with Crippen LogP contribution in [0.1, 0.15) is 11.1 Å². The zero-order chi connectivity index (χ0) is 17.9. The van der Waals surface area contributed by atoms with Gasteiger partial charge in [0.05, 0.1) is 0 Å². The molecule has 2 heterocycles. The molecule has 1 amide bonds. The molecule has 4 aromatic rings. The summed E-state index contributed by atoms with van der Waals surface area (Å²) in [7, 11) is 0. The molecule has 4 rings (SSSR count). The van der Waals surface area contributed by atoms with Crippen molar-refractivity contribution in [3.63, 3.8) is 0 Å². The Balaban J connectivity index is 1.57. The van der Waals surface area contributed by atoms with Crippen molar-refractivity contribution >= 4 is 16.8 Å². The molecule has 1 N–H and O–H groups in total. The minimum Gasteiger partial charge on any atom is -0.422 e. The lowest BCUT2D eigenvalue weighted by Crippen LogP contribution is -2.27. The summed E-state index contributed by atoms with van der Waals surface area (Å²) in [5.41, 5.74) is 3.95. The van der Waals surface area contributed by atoms with E-state index in [1.54, 1.807) is 0 Å². The van der Waals surface area contributed by atoms with Gasteiger partial charge in [-0.25, -0.2) is 0 Å². The Hall–Kier alpha value is -3.41. The lowest BCUT2D eigenvalue weighted by atomic mass is 10.1. The SMILES string of the molecule is Cc1ccc(CNC(=O)Cn2c(-c3nnco3)cc3ccccc32)cc1. The van der Waals surface area contributed by atoms with Gasteiger partial charge in [-0.2, -0.15) is 0 Å². The van der Waals surface area contributed by atoms with Gasteiger partial charge in [0.15, 0.2) is 0 Å². The lowest BCUT2D eigenvalue weighted by molar-refractivity contribution is -0.121. The Morgan fingerprint density at radius 1 is 1.15 bits per heavy atom. The van der Waals surface area contributed by atoms with Crippen molar-refractivity contribution in [2.45, 2.75) is 20.0 Å². The molecule has 6 nitrogen and oxygen atoms in total. The van der Waals surface area contributed by atoms with Crippen molar-refractivity contribution in [3.8, 4) is 11.6 Å². The number of amides is 1. The molecule has 0 aliphatic rings. The summed E-state index contributed by atoms with van der Waals surface area (Å²) < 4.78 is 7.23. The second-order valence-electron chi connectivity index (χ2n) is 6.18. The third-order valence-electron chi connectivity index (χ3n) is 4.30. The molecule has 0 spiro atoms. The molecule has 2 aromatic heterocycles. The van der Waals surface area contributed by atoms with Crippen molar-refractivity contribution < 1.29 is 9.21 Å². The minimum absolute atomic E-state index is 0.0762. The van der Waals surface area contributed by atoms with E-state index in [0.29, 0.717) is 12.4 Å². The molecule has 0 aliphatic carbocycles. The first-order valence-corrected chi connectivity index (χ1v) is 8.38. The first-order chi connectivity index (χ1) is 12.7. The number of para-hydroxylation sites is 1. The number of nitrogens with zero attached hydrogens (tertiary/aromatic N) is 3. The van der Waals surface area contributed by atoms with E-state index in [0.717, 1.165) is 22.2 Å². The Kier molecular flexibility index (Phi) is 4.23. The molecular formula is C20H18N4O2. The van der Waals surface area contributed by atoms with Gasteiger partial charge in [-0.05, 0) is 24.6 Å². The standard InChI is InChI=1S/C20H18N4O2/c1-14-6-8-15(9-7-14)11-21-19(25)12-24-17-5-3-2-4-16(17)10-18(24)20-23-22-13-26-20/h2-10,13H,11-12H2,1H3,(H,21,25). The van der Waals surface area contributed by atoms with Gasteiger partial charge in [-0.1, -0.05) is 48.0 Å². The third kappa shape index (κ3) is 3.21. The first kappa shape index (κ1) is 16.1. The van der Waals surface area contributed by atoms with E-state index in [4.69, 9.17) is 4.42 Å². The molecule has 0 saturated carbocycles. The molecule has 0 unspecified atom stereocenters. The topological polar surface area (TPSA) is 73.0 Å². The lowest BCUT2D eigenvalue weighted by Gasteiger charge is -2.10. The van der Waals surface area contributed by atoms with E-state index in [1.165, 1.54) is 12.0 Å². The summed E-state index contributed by atoms with van der Waals surface area (Å²) in [6.45, 7) is 2.71. The minimum atomic E-state index is -0.0762. The fraction of sp³-hybridized carbons (Fsp3) is 0.150. The molecule has 2 aromatic carbocycles. The largest absolute Gasteiger partial charge is 0.422 e. The molecule has 0 fully saturated rings. The van der Waals surface area contributed by atoms with Crippen molar-refractivity contribution in [3.05, 3.63) is 72.1 Å². The van der Waals surface area contributed by atoms with Crippen LogP contribution in [0.5, 0.6) is 0 Å². The maximum Gasteiger partial charge on any atom is 0.264 e. The summed E-state index contributed by atoms with van der Waals surface area (Å²) in [4.78, 5) is 12.5. The van der Waals surface area contributed by atoms with Crippen molar-refractivity contribution in [2.24, 2.45) is 0 Å². The number of carbonyl (C=O) groups is 1. The number of rotatable bonds is 5. The Morgan fingerprint density at radius 3 is 2.73 bits per heavy atom. The van der Waals surface area contributed by atoms with Crippen LogP contribution in [-0.4, -0.2) is 20.7 Å². The fourth-order valence-electron chi connectivity index (χ4n) is 2.95. The van der Waals surface area contributed by atoms with Crippen LogP contribution >= 0.6 is 0 Å². The van der Waals surface area contributed by atoms with E-state index in [1.807, 2.05) is 66.1 Å². The monoisotopic (exact) mass is 346 g/mol. The van der Waals surface area contributed by atoms with Crippen LogP contribution < -0.4 is 5.32 Å². The van der Waals surface area contributed by atoms with Gasteiger partial charge in [-0.15, -0.1) is 10.2 Å². The Morgan fingerprint density at radius 2 is 1.96 bits per heavy atom. The predicted molar refractivity (Wildman–Crippen MR) is 98.3 cm³/mol. The number of hydrogen-bond donors (Lipinski definition) is 1. The van der Waals surface area contributed by atoms with Crippen LogP contribution in [0, 0.1) is 6.92 Å². The van der Waals surface area contributed by atoms with Crippen LogP contribution in [0.3, 0.4) is 0 Å². The average molecular weight is 346 g/mol. The van der Waals surface area contributed by atoms with Gasteiger partial charge < -0.3 is 14.3 Å². The zero-order valence-corrected chi connectivity index (χ0v) is 14.3. The summed E-state index contributed by atoms with van der Waals surface area (Å²) in [5.74, 6) is 0.320. The number of aryl methyl sites for hydroxylation is 1. The van der Waals surface area contributed by atoms with Gasteiger partial charge in [0.2, 0.25) is 12.3 Å². The predicted octanol–water partition coefficient (Wildman–Crippen LogP) is 3.32. The number of nitrogens with one attached hydrogen (secondary N) is 1. The number of aromatic nitrogens is 3. The number of benzene rings is 2. The van der Waals surface area contributed by atoms with Gasteiger partial charge in [0.1, 0.15) is 12.2 Å². The third-order valence-corrected chi connectivity index (χ3v) is 4.30. The second-order valence-corrected chi connectivity index (χ2v) is 6.18. The molecule has 0 atom stereocenters. The molecule has 26 heavy (non-hydrogen) atoms. The smallest absolute Gasteiger partial charge is 0.264 e. The van der Waals surface area contributed by atoms with E-state index >= 15 is 0 Å². The number of hydrogen-bond acceptors (Lipinski definition) is 4. The van der Waals surface area contributed by atoms with Gasteiger partial charge in [-0.3, -0.25) is 4.79 Å². The molecule has 0 radical (unpaired) electrons. The van der Waals surface area contributed by atoms with Crippen LogP contribution in [-0.2, 0) is 17.9 Å². The highest BCUT2D eigenvalue weighted by atomic mass is 16.4. The highest BCUT2D eigenvalue weighted by Gasteiger charge is 2.16. The van der Waals surface area contributed by atoms with Crippen LogP contribution in [0.2, 0.25) is 0 Å². The summed E-state index contributed by atoms with van der Waals surface area (Å²) in [6, 6.07) is 17.9. The van der Waals surface area contributed by atoms with E-state index in [9.17, 15) is 4.79 Å². The molecule has 0 aliphatic heterocycles. The van der Waals surface area contributed by atoms with Crippen molar-refractivity contribution in [2.75, 3.05) is 0 Å². The van der Waals surface area contributed by atoms with Gasteiger partial charge >= 0.3 is 0 Å². The van der Waals surface area contributed by atoms with E-state index in [-0.39, 0.29) is 12.5 Å². The van der Waals surface area contributed by atoms with E-state index in [2.05, 4.69) is 15.5 Å². The summed E-state index contributed by atoms with van der Waals surface area (Å²) >= 11 is 0. The molecule has 0 saturated heterocycles. The van der Waals surface area contributed by atoms with Crippen molar-refractivity contribution in [1.82, 2.24) is 20.1 Å². The fourth-order valence-corrected chi connectivity index (χ4v) is 2.95. The van der Waals surface area contributed by atoms with Crippen molar-refractivity contribution in [1.29, 1.82) is 0 Å². The van der Waals surface area contributed by atoms with E-state index < -0.39 is 0 Å². The van der Waals surface area contributed by atoms with Gasteiger partial charge in [0.25, 0.3) is 5.89 Å². The summed E-state index contributed by atoms with van der Waals surface area (Å²) in [5, 5.41) is 11.7. The maximum absolute atomic E-state index is 12.5. The van der Waals surface area contributed by atoms with Gasteiger partial charge in [0, 0.05) is 17.4 Å². The molecular weight excluding hydrogens is 328 g/mol. The Bertz CT molecular complexity index is 1030. The first-order valence-electron chi connectivity index (χ1n) is 8.38. The Labute approximate surface area is 150 Å². The molecule has 6 heteroatoms. The van der Waals surface area contributed by atoms with Crippen LogP contribution in [0.15, 0.2) is 65.4 Å². The van der Waals surface area contributed by atoms with Crippen LogP contribution in [0.4, 0.5) is 0 Å². The molecule has 0 bridgehead atoms. The average Bonchev–Trinajstić information content (AvgIpc) is 3.30. The molecule has 130 valence electrons. The normalized spacial score (nSPS) is 11.0. The zero-order valence-electron chi connectivity index (χ0n) is 14.3. The highest BCUT2D eigenvalue weighted by molar-refractivity contribution is 5.88. The highest BCUT2D eigenvalue weighted by Crippen LogP contribution is 2.26. The van der Waals surface area contributed by atoms with Crippen LogP contribution in [0.25, 0.3) is 22.5 Å². The summed E-state index contributed by atoms with van der Waals surface area (Å²) in [6.07, 6.45) is 1.29. The maximum atomic E-state index is 12.5.